The number of hydrogen-bond acceptors (Lipinski definition) is 4. The van der Waals surface area contributed by atoms with E-state index >= 15 is 0 Å². The highest BCUT2D eigenvalue weighted by molar-refractivity contribution is 6.31. The molecule has 1 aromatic heterocycles. The van der Waals surface area contributed by atoms with Crippen molar-refractivity contribution in [3.63, 3.8) is 0 Å². The smallest absolute Gasteiger partial charge is 0.287 e. The number of halogens is 1. The summed E-state index contributed by atoms with van der Waals surface area (Å²) in [6, 6.07) is 7.09. The van der Waals surface area contributed by atoms with Crippen LogP contribution in [-0.4, -0.2) is 61.5 Å². The number of carbonyl (C=O) groups is 1. The zero-order valence-electron chi connectivity index (χ0n) is 14.9. The van der Waals surface area contributed by atoms with Gasteiger partial charge in [-0.25, -0.2) is 0 Å². The van der Waals surface area contributed by atoms with E-state index < -0.39 is 0 Å². The van der Waals surface area contributed by atoms with Crippen LogP contribution in [0.25, 0.3) is 11.0 Å². The lowest BCUT2D eigenvalue weighted by atomic mass is 10.1. The van der Waals surface area contributed by atoms with Crippen molar-refractivity contribution in [1.82, 2.24) is 15.1 Å². The predicted octanol–water partition coefficient (Wildman–Crippen LogP) is 3.09. The van der Waals surface area contributed by atoms with Crippen molar-refractivity contribution in [2.24, 2.45) is 5.92 Å². The largest absolute Gasteiger partial charge is 0.451 e. The standard InChI is InChI=1S/C19H26ClN3O2/c1-3-22-6-8-23(9-7-22)13-14(2)12-21-19(24)18-11-15-10-16(20)4-5-17(15)25-18/h4-5,10-11,14H,3,6-9,12-13H2,1-2H3,(H,21,24). The lowest BCUT2D eigenvalue weighted by molar-refractivity contribution is 0.0909. The maximum Gasteiger partial charge on any atom is 0.287 e. The number of benzene rings is 1. The van der Waals surface area contributed by atoms with Gasteiger partial charge in [0.25, 0.3) is 5.91 Å². The number of amides is 1. The van der Waals surface area contributed by atoms with Crippen LogP contribution in [0.15, 0.2) is 28.7 Å². The number of nitrogens with one attached hydrogen (secondary N) is 1. The van der Waals surface area contributed by atoms with Gasteiger partial charge >= 0.3 is 0 Å². The van der Waals surface area contributed by atoms with E-state index in [1.165, 1.54) is 0 Å². The van der Waals surface area contributed by atoms with Gasteiger partial charge in [0, 0.05) is 49.7 Å². The van der Waals surface area contributed by atoms with Crippen molar-refractivity contribution in [3.05, 3.63) is 35.0 Å². The van der Waals surface area contributed by atoms with Gasteiger partial charge in [-0.05, 0) is 36.7 Å². The summed E-state index contributed by atoms with van der Waals surface area (Å²) < 4.78 is 5.60. The summed E-state index contributed by atoms with van der Waals surface area (Å²) in [5, 5.41) is 4.46. The number of hydrogen-bond donors (Lipinski definition) is 1. The van der Waals surface area contributed by atoms with Crippen LogP contribution in [0, 0.1) is 5.92 Å². The van der Waals surface area contributed by atoms with Crippen LogP contribution in [0.1, 0.15) is 24.4 Å². The molecule has 0 bridgehead atoms. The molecule has 0 aliphatic carbocycles. The van der Waals surface area contributed by atoms with Gasteiger partial charge < -0.3 is 19.5 Å². The SMILES string of the molecule is CCN1CCN(CC(C)CNC(=O)c2cc3cc(Cl)ccc3o2)CC1. The van der Waals surface area contributed by atoms with E-state index in [1.807, 2.05) is 0 Å². The van der Waals surface area contributed by atoms with Gasteiger partial charge in [0.05, 0.1) is 0 Å². The number of nitrogens with zero attached hydrogens (tertiary/aromatic N) is 2. The van der Waals surface area contributed by atoms with E-state index in [1.54, 1.807) is 24.3 Å². The molecule has 0 spiro atoms. The van der Waals surface area contributed by atoms with Crippen molar-refractivity contribution < 1.29 is 9.21 Å². The summed E-state index contributed by atoms with van der Waals surface area (Å²) in [6.45, 7) is 11.6. The highest BCUT2D eigenvalue weighted by atomic mass is 35.5. The molecule has 6 heteroatoms. The molecule has 1 aliphatic rings. The monoisotopic (exact) mass is 363 g/mol. The molecule has 1 aliphatic heterocycles. The summed E-state index contributed by atoms with van der Waals surface area (Å²) in [5.74, 6) is 0.562. The average molecular weight is 364 g/mol. The predicted molar refractivity (Wildman–Crippen MR) is 101 cm³/mol. The molecule has 1 fully saturated rings. The van der Waals surface area contributed by atoms with E-state index in [2.05, 4.69) is 29.0 Å². The minimum absolute atomic E-state index is 0.171. The van der Waals surface area contributed by atoms with Crippen molar-refractivity contribution >= 4 is 28.5 Å². The Morgan fingerprint density at radius 3 is 2.68 bits per heavy atom. The number of rotatable bonds is 6. The maximum absolute atomic E-state index is 12.3. The molecule has 2 heterocycles. The van der Waals surface area contributed by atoms with E-state index in [-0.39, 0.29) is 5.91 Å². The van der Waals surface area contributed by atoms with Gasteiger partial charge in [0.15, 0.2) is 5.76 Å². The maximum atomic E-state index is 12.3. The van der Waals surface area contributed by atoms with Crippen molar-refractivity contribution in [2.45, 2.75) is 13.8 Å². The highest BCUT2D eigenvalue weighted by Crippen LogP contribution is 2.23. The number of likely N-dealkylation sites (N-methyl/N-ethyl adjacent to an activating group) is 1. The first-order valence-corrected chi connectivity index (χ1v) is 9.35. The third-order valence-electron chi connectivity index (χ3n) is 4.80. The Morgan fingerprint density at radius 1 is 1.24 bits per heavy atom. The van der Waals surface area contributed by atoms with Crippen LogP contribution in [0.4, 0.5) is 0 Å². The second-order valence-corrected chi connectivity index (χ2v) is 7.28. The first-order chi connectivity index (χ1) is 12.0. The molecule has 1 amide bonds. The summed E-state index contributed by atoms with van der Waals surface area (Å²) in [7, 11) is 0. The summed E-state index contributed by atoms with van der Waals surface area (Å²) in [4.78, 5) is 17.3. The molecular weight excluding hydrogens is 338 g/mol. The molecule has 1 N–H and O–H groups in total. The molecule has 1 saturated heterocycles. The van der Waals surface area contributed by atoms with E-state index in [0.29, 0.717) is 28.8 Å². The Kier molecular flexibility index (Phi) is 5.99. The van der Waals surface area contributed by atoms with E-state index in [9.17, 15) is 4.79 Å². The molecular formula is C19H26ClN3O2. The summed E-state index contributed by atoms with van der Waals surface area (Å²) >= 11 is 5.97. The second-order valence-electron chi connectivity index (χ2n) is 6.84. The normalized spacial score (nSPS) is 17.7. The van der Waals surface area contributed by atoms with Crippen LogP contribution in [0.5, 0.6) is 0 Å². The Hall–Kier alpha value is -1.56. The lowest BCUT2D eigenvalue weighted by Gasteiger charge is -2.35. The van der Waals surface area contributed by atoms with E-state index in [0.717, 1.165) is 44.7 Å². The topological polar surface area (TPSA) is 48.7 Å². The fourth-order valence-electron chi connectivity index (χ4n) is 3.27. The molecule has 1 atom stereocenters. The van der Waals surface area contributed by atoms with Gasteiger partial charge in [-0.15, -0.1) is 0 Å². The summed E-state index contributed by atoms with van der Waals surface area (Å²) in [6.07, 6.45) is 0. The minimum Gasteiger partial charge on any atom is -0.451 e. The highest BCUT2D eigenvalue weighted by Gasteiger charge is 2.18. The molecule has 2 aromatic rings. The first kappa shape index (κ1) is 18.2. The Bertz CT molecular complexity index is 723. The number of carbonyl (C=O) groups excluding carboxylic acids is 1. The van der Waals surface area contributed by atoms with Gasteiger partial charge in [0.2, 0.25) is 0 Å². The van der Waals surface area contributed by atoms with Gasteiger partial charge in [-0.3, -0.25) is 4.79 Å². The fraction of sp³-hybridized carbons (Fsp3) is 0.526. The van der Waals surface area contributed by atoms with Crippen LogP contribution >= 0.6 is 11.6 Å². The van der Waals surface area contributed by atoms with Crippen LogP contribution in [0.2, 0.25) is 5.02 Å². The molecule has 1 aromatic carbocycles. The minimum atomic E-state index is -0.171. The third kappa shape index (κ3) is 4.75. The Morgan fingerprint density at radius 2 is 1.96 bits per heavy atom. The van der Waals surface area contributed by atoms with Gasteiger partial charge in [-0.2, -0.15) is 0 Å². The van der Waals surface area contributed by atoms with Crippen molar-refractivity contribution in [2.75, 3.05) is 45.8 Å². The molecule has 25 heavy (non-hydrogen) atoms. The first-order valence-electron chi connectivity index (χ1n) is 8.97. The van der Waals surface area contributed by atoms with Crippen molar-refractivity contribution in [3.8, 4) is 0 Å². The number of fused-ring (bicyclic) bond motifs is 1. The summed E-state index contributed by atoms with van der Waals surface area (Å²) in [5.41, 5.74) is 0.677. The van der Waals surface area contributed by atoms with Crippen LogP contribution in [-0.2, 0) is 0 Å². The van der Waals surface area contributed by atoms with E-state index in [4.69, 9.17) is 16.0 Å². The van der Waals surface area contributed by atoms with Gasteiger partial charge in [0.1, 0.15) is 5.58 Å². The Labute approximate surface area is 153 Å². The lowest BCUT2D eigenvalue weighted by Crippen LogP contribution is -2.48. The van der Waals surface area contributed by atoms with Crippen molar-refractivity contribution in [1.29, 1.82) is 0 Å². The molecule has 5 nitrogen and oxygen atoms in total. The quantitative estimate of drug-likeness (QED) is 0.856. The molecule has 0 saturated carbocycles. The van der Waals surface area contributed by atoms with Crippen LogP contribution in [0.3, 0.4) is 0 Å². The second kappa shape index (κ2) is 8.21. The average Bonchev–Trinajstić information content (AvgIpc) is 3.03. The Balaban J connectivity index is 1.47. The molecule has 3 rings (SSSR count). The molecule has 0 radical (unpaired) electrons. The molecule has 136 valence electrons. The van der Waals surface area contributed by atoms with Gasteiger partial charge in [-0.1, -0.05) is 25.4 Å². The fourth-order valence-corrected chi connectivity index (χ4v) is 3.45. The number of piperazine rings is 1. The zero-order valence-corrected chi connectivity index (χ0v) is 15.7. The third-order valence-corrected chi connectivity index (χ3v) is 5.03. The molecule has 1 unspecified atom stereocenters. The van der Waals surface area contributed by atoms with Crippen LogP contribution < -0.4 is 5.32 Å². The zero-order chi connectivity index (χ0) is 17.8. The number of furan rings is 1.